The smallest absolute Gasteiger partial charge is 0.118 e. The van der Waals surface area contributed by atoms with Crippen LogP contribution in [0.25, 0.3) is 0 Å². The summed E-state index contributed by atoms with van der Waals surface area (Å²) < 4.78 is 10.7. The van der Waals surface area contributed by atoms with E-state index in [0.29, 0.717) is 12.1 Å². The average molecular weight is 249 g/mol. The van der Waals surface area contributed by atoms with E-state index < -0.39 is 0 Å². The van der Waals surface area contributed by atoms with Crippen molar-refractivity contribution >= 4 is 0 Å². The predicted molar refractivity (Wildman–Crippen MR) is 73.1 cm³/mol. The maximum atomic E-state index is 5.54. The fourth-order valence-electron chi connectivity index (χ4n) is 2.40. The zero-order valence-electron chi connectivity index (χ0n) is 11.3. The molecule has 0 aliphatic carbocycles. The molecule has 0 saturated carbocycles. The van der Waals surface area contributed by atoms with Gasteiger partial charge in [-0.1, -0.05) is 12.1 Å². The van der Waals surface area contributed by atoms with Crippen molar-refractivity contribution in [1.29, 1.82) is 0 Å². The number of nitrogens with one attached hydrogen (secondary N) is 1. The van der Waals surface area contributed by atoms with Crippen LogP contribution in [-0.2, 0) is 11.2 Å². The Kier molecular flexibility index (Phi) is 5.02. The van der Waals surface area contributed by atoms with Crippen molar-refractivity contribution in [1.82, 2.24) is 5.32 Å². The van der Waals surface area contributed by atoms with Crippen LogP contribution in [0.1, 0.15) is 25.3 Å². The van der Waals surface area contributed by atoms with Crippen molar-refractivity contribution in [2.45, 2.75) is 38.3 Å². The second-order valence-corrected chi connectivity index (χ2v) is 4.95. The number of ether oxygens (including phenoxy) is 2. The molecule has 0 spiro atoms. The Labute approximate surface area is 109 Å². The van der Waals surface area contributed by atoms with Crippen molar-refractivity contribution in [2.75, 3.05) is 20.3 Å². The minimum atomic E-state index is 0.400. The molecule has 1 aliphatic rings. The van der Waals surface area contributed by atoms with Crippen LogP contribution in [0.5, 0.6) is 5.75 Å². The predicted octanol–water partition coefficient (Wildman–Crippen LogP) is 2.39. The number of benzene rings is 1. The third-order valence-corrected chi connectivity index (χ3v) is 3.49. The normalized spacial score (nSPS) is 23.9. The topological polar surface area (TPSA) is 30.5 Å². The zero-order chi connectivity index (χ0) is 12.8. The summed E-state index contributed by atoms with van der Waals surface area (Å²) >= 11 is 0. The molecule has 1 heterocycles. The molecule has 2 rings (SSSR count). The lowest BCUT2D eigenvalue weighted by molar-refractivity contribution is 0.0135. The van der Waals surface area contributed by atoms with Crippen LogP contribution in [0, 0.1) is 0 Å². The lowest BCUT2D eigenvalue weighted by Gasteiger charge is -2.28. The Morgan fingerprint density at radius 2 is 2.11 bits per heavy atom. The first kappa shape index (κ1) is 13.4. The van der Waals surface area contributed by atoms with E-state index in [2.05, 4.69) is 24.4 Å². The largest absolute Gasteiger partial charge is 0.497 e. The standard InChI is InChI=1S/C15H23NO2/c1-12-11-14(8-10-18-12)16-9-7-13-3-5-15(17-2)6-4-13/h3-6,12,14,16H,7-11H2,1-2H3. The van der Waals surface area contributed by atoms with E-state index in [-0.39, 0.29) is 0 Å². The minimum Gasteiger partial charge on any atom is -0.497 e. The summed E-state index contributed by atoms with van der Waals surface area (Å²) in [5.41, 5.74) is 1.35. The molecule has 3 heteroatoms. The van der Waals surface area contributed by atoms with Gasteiger partial charge in [-0.05, 0) is 50.4 Å². The molecule has 1 saturated heterocycles. The van der Waals surface area contributed by atoms with Gasteiger partial charge < -0.3 is 14.8 Å². The van der Waals surface area contributed by atoms with Gasteiger partial charge in [0, 0.05) is 12.6 Å². The number of hydrogen-bond donors (Lipinski definition) is 1. The summed E-state index contributed by atoms with van der Waals surface area (Å²) in [5, 5.41) is 3.62. The van der Waals surface area contributed by atoms with Gasteiger partial charge in [0.15, 0.2) is 0 Å². The zero-order valence-corrected chi connectivity index (χ0v) is 11.3. The van der Waals surface area contributed by atoms with Crippen LogP contribution in [0.3, 0.4) is 0 Å². The molecule has 1 aliphatic heterocycles. The van der Waals surface area contributed by atoms with Crippen molar-refractivity contribution < 1.29 is 9.47 Å². The van der Waals surface area contributed by atoms with Gasteiger partial charge in [0.05, 0.1) is 13.2 Å². The van der Waals surface area contributed by atoms with Crippen LogP contribution in [0.2, 0.25) is 0 Å². The van der Waals surface area contributed by atoms with E-state index in [1.54, 1.807) is 7.11 Å². The fourth-order valence-corrected chi connectivity index (χ4v) is 2.40. The third-order valence-electron chi connectivity index (χ3n) is 3.49. The van der Waals surface area contributed by atoms with E-state index in [4.69, 9.17) is 9.47 Å². The van der Waals surface area contributed by atoms with E-state index in [9.17, 15) is 0 Å². The van der Waals surface area contributed by atoms with Gasteiger partial charge in [-0.15, -0.1) is 0 Å². The fraction of sp³-hybridized carbons (Fsp3) is 0.600. The Balaban J connectivity index is 1.70. The van der Waals surface area contributed by atoms with Crippen LogP contribution in [0.15, 0.2) is 24.3 Å². The quantitative estimate of drug-likeness (QED) is 0.869. The maximum absolute atomic E-state index is 5.54. The van der Waals surface area contributed by atoms with Gasteiger partial charge in [0.1, 0.15) is 5.75 Å². The minimum absolute atomic E-state index is 0.400. The highest BCUT2D eigenvalue weighted by Gasteiger charge is 2.18. The maximum Gasteiger partial charge on any atom is 0.118 e. The summed E-state index contributed by atoms with van der Waals surface area (Å²) in [6, 6.07) is 8.92. The van der Waals surface area contributed by atoms with Gasteiger partial charge in [0.2, 0.25) is 0 Å². The van der Waals surface area contributed by atoms with E-state index >= 15 is 0 Å². The summed E-state index contributed by atoms with van der Waals surface area (Å²) in [5.74, 6) is 0.921. The number of methoxy groups -OCH3 is 1. The molecule has 2 unspecified atom stereocenters. The molecule has 18 heavy (non-hydrogen) atoms. The molecule has 0 bridgehead atoms. The molecular formula is C15H23NO2. The van der Waals surface area contributed by atoms with Gasteiger partial charge in [0.25, 0.3) is 0 Å². The lowest BCUT2D eigenvalue weighted by Crippen LogP contribution is -2.38. The summed E-state index contributed by atoms with van der Waals surface area (Å²) in [4.78, 5) is 0. The molecule has 1 aromatic carbocycles. The number of hydrogen-bond acceptors (Lipinski definition) is 3. The van der Waals surface area contributed by atoms with Crippen molar-refractivity contribution in [2.24, 2.45) is 0 Å². The highest BCUT2D eigenvalue weighted by molar-refractivity contribution is 5.27. The first-order valence-corrected chi connectivity index (χ1v) is 6.76. The van der Waals surface area contributed by atoms with E-state index in [1.165, 1.54) is 5.56 Å². The molecule has 1 N–H and O–H groups in total. The van der Waals surface area contributed by atoms with Crippen molar-refractivity contribution in [3.8, 4) is 5.75 Å². The van der Waals surface area contributed by atoms with Gasteiger partial charge in [-0.2, -0.15) is 0 Å². The molecule has 0 aromatic heterocycles. The van der Waals surface area contributed by atoms with Gasteiger partial charge in [-0.25, -0.2) is 0 Å². The van der Waals surface area contributed by atoms with Crippen molar-refractivity contribution in [3.63, 3.8) is 0 Å². The highest BCUT2D eigenvalue weighted by atomic mass is 16.5. The third kappa shape index (κ3) is 4.00. The molecule has 1 aromatic rings. The first-order chi connectivity index (χ1) is 8.78. The van der Waals surface area contributed by atoms with Crippen LogP contribution in [-0.4, -0.2) is 32.4 Å². The Morgan fingerprint density at radius 1 is 1.33 bits per heavy atom. The average Bonchev–Trinajstić information content (AvgIpc) is 2.40. The highest BCUT2D eigenvalue weighted by Crippen LogP contribution is 2.14. The number of rotatable bonds is 5. The second-order valence-electron chi connectivity index (χ2n) is 4.95. The summed E-state index contributed by atoms with van der Waals surface area (Å²) in [6.45, 7) is 4.07. The first-order valence-electron chi connectivity index (χ1n) is 6.76. The summed E-state index contributed by atoms with van der Waals surface area (Å²) in [6.07, 6.45) is 3.72. The van der Waals surface area contributed by atoms with Gasteiger partial charge >= 0.3 is 0 Å². The SMILES string of the molecule is COc1ccc(CCNC2CCOC(C)C2)cc1. The van der Waals surface area contributed by atoms with Gasteiger partial charge in [-0.3, -0.25) is 0 Å². The Morgan fingerprint density at radius 3 is 2.78 bits per heavy atom. The van der Waals surface area contributed by atoms with Crippen LogP contribution < -0.4 is 10.1 Å². The molecule has 1 fully saturated rings. The van der Waals surface area contributed by atoms with E-state index in [1.807, 2.05) is 12.1 Å². The molecule has 2 atom stereocenters. The molecular weight excluding hydrogens is 226 g/mol. The molecule has 0 radical (unpaired) electrons. The van der Waals surface area contributed by atoms with Crippen LogP contribution in [0.4, 0.5) is 0 Å². The summed E-state index contributed by atoms with van der Waals surface area (Å²) in [7, 11) is 1.70. The van der Waals surface area contributed by atoms with Crippen molar-refractivity contribution in [3.05, 3.63) is 29.8 Å². The lowest BCUT2D eigenvalue weighted by atomic mass is 10.0. The molecule has 3 nitrogen and oxygen atoms in total. The molecule has 0 amide bonds. The second kappa shape index (κ2) is 6.76. The van der Waals surface area contributed by atoms with Crippen LogP contribution >= 0.6 is 0 Å². The van der Waals surface area contributed by atoms with E-state index in [0.717, 1.165) is 38.2 Å². The Bertz CT molecular complexity index is 350. The molecule has 100 valence electrons. The Hall–Kier alpha value is -1.06. The monoisotopic (exact) mass is 249 g/mol.